The van der Waals surface area contributed by atoms with E-state index in [0.29, 0.717) is 22.6 Å². The summed E-state index contributed by atoms with van der Waals surface area (Å²) in [6.45, 7) is 4.05. The van der Waals surface area contributed by atoms with Crippen molar-refractivity contribution in [2.45, 2.75) is 16.6 Å². The van der Waals surface area contributed by atoms with Crippen LogP contribution in [0.4, 0.5) is 5.69 Å². The number of hydrogen-bond acceptors (Lipinski definition) is 5. The second-order valence-corrected chi connectivity index (χ2v) is 7.44. The van der Waals surface area contributed by atoms with Crippen molar-refractivity contribution in [3.8, 4) is 0 Å². The van der Waals surface area contributed by atoms with Crippen LogP contribution >= 0.6 is 23.5 Å². The van der Waals surface area contributed by atoms with Crippen LogP contribution in [0.5, 0.6) is 0 Å². The molecule has 0 saturated heterocycles. The molecule has 5 nitrogen and oxygen atoms in total. The van der Waals surface area contributed by atoms with E-state index in [1.807, 2.05) is 42.7 Å². The van der Waals surface area contributed by atoms with Gasteiger partial charge in [-0.1, -0.05) is 42.1 Å². The molecular weight excluding hydrogens is 378 g/mol. The van der Waals surface area contributed by atoms with E-state index < -0.39 is 0 Å². The Bertz CT molecular complexity index is 1050. The Morgan fingerprint density at radius 2 is 1.96 bits per heavy atom. The molecule has 3 aromatic rings. The third-order valence-electron chi connectivity index (χ3n) is 3.85. The number of fused-ring (bicyclic) bond motifs is 1. The molecule has 3 rings (SSSR count). The summed E-state index contributed by atoms with van der Waals surface area (Å²) in [6, 6.07) is 14.9. The monoisotopic (exact) mass is 397 g/mol. The third-order valence-corrected chi connectivity index (χ3v) is 5.62. The van der Waals surface area contributed by atoms with Crippen molar-refractivity contribution in [3.63, 3.8) is 0 Å². The summed E-state index contributed by atoms with van der Waals surface area (Å²) >= 11 is 2.82. The molecule has 1 heterocycles. The molecule has 1 N–H and O–H groups in total. The summed E-state index contributed by atoms with van der Waals surface area (Å²) in [5, 5.41) is 3.98. The van der Waals surface area contributed by atoms with Gasteiger partial charge in [-0.25, -0.2) is 4.98 Å². The highest BCUT2D eigenvalue weighted by Gasteiger charge is 2.13. The summed E-state index contributed by atoms with van der Waals surface area (Å²) in [5.41, 5.74) is 1.28. The molecule has 0 aliphatic rings. The average Bonchev–Trinajstić information content (AvgIpc) is 2.69. The lowest BCUT2D eigenvalue weighted by Crippen LogP contribution is -2.23. The van der Waals surface area contributed by atoms with Crippen LogP contribution in [0, 0.1) is 0 Å². The molecule has 0 atom stereocenters. The van der Waals surface area contributed by atoms with Crippen LogP contribution < -0.4 is 10.9 Å². The van der Waals surface area contributed by atoms with Gasteiger partial charge in [0, 0.05) is 11.4 Å². The molecule has 0 radical (unpaired) electrons. The van der Waals surface area contributed by atoms with Crippen molar-refractivity contribution < 1.29 is 4.79 Å². The van der Waals surface area contributed by atoms with Crippen LogP contribution in [0.3, 0.4) is 0 Å². The SMILES string of the molecule is C=CCn1c(SCC(=O)Nc2ccccc2SC)nc2ccccc2c1=O. The number of amides is 1. The van der Waals surface area contributed by atoms with Gasteiger partial charge in [-0.3, -0.25) is 14.2 Å². The fourth-order valence-corrected chi connectivity index (χ4v) is 3.97. The summed E-state index contributed by atoms with van der Waals surface area (Å²) in [6.07, 6.45) is 3.61. The number of aromatic nitrogens is 2. The fourth-order valence-electron chi connectivity index (χ4n) is 2.61. The van der Waals surface area contributed by atoms with E-state index in [4.69, 9.17) is 0 Å². The van der Waals surface area contributed by atoms with Gasteiger partial charge in [-0.05, 0) is 30.5 Å². The molecule has 0 bridgehead atoms. The van der Waals surface area contributed by atoms with Crippen molar-refractivity contribution in [1.29, 1.82) is 0 Å². The standard InChI is InChI=1S/C20H19N3O2S2/c1-3-12-23-19(25)14-8-4-5-9-15(14)22-20(23)27-13-18(24)21-16-10-6-7-11-17(16)26-2/h3-11H,1,12-13H2,2H3,(H,21,24). The predicted molar refractivity (Wildman–Crippen MR) is 114 cm³/mol. The first-order valence-corrected chi connectivity index (χ1v) is 10.5. The van der Waals surface area contributed by atoms with Gasteiger partial charge in [0.25, 0.3) is 5.56 Å². The number of carbonyl (C=O) groups is 1. The molecule has 0 aliphatic carbocycles. The van der Waals surface area contributed by atoms with Crippen LogP contribution in [-0.4, -0.2) is 27.5 Å². The Kier molecular flexibility index (Phi) is 6.36. The Labute approximate surface area is 165 Å². The molecule has 138 valence electrons. The lowest BCUT2D eigenvalue weighted by atomic mass is 10.2. The van der Waals surface area contributed by atoms with E-state index in [-0.39, 0.29) is 17.2 Å². The van der Waals surface area contributed by atoms with Crippen LogP contribution in [0.25, 0.3) is 10.9 Å². The van der Waals surface area contributed by atoms with E-state index in [9.17, 15) is 9.59 Å². The Balaban J connectivity index is 1.81. The number of para-hydroxylation sites is 2. The minimum Gasteiger partial charge on any atom is -0.324 e. The number of allylic oxidation sites excluding steroid dienone is 1. The lowest BCUT2D eigenvalue weighted by molar-refractivity contribution is -0.113. The van der Waals surface area contributed by atoms with Crippen LogP contribution in [0.1, 0.15) is 0 Å². The molecule has 7 heteroatoms. The fraction of sp³-hybridized carbons (Fsp3) is 0.150. The maximum Gasteiger partial charge on any atom is 0.262 e. The van der Waals surface area contributed by atoms with Gasteiger partial charge in [-0.15, -0.1) is 18.3 Å². The van der Waals surface area contributed by atoms with Gasteiger partial charge in [0.15, 0.2) is 5.16 Å². The van der Waals surface area contributed by atoms with Crippen molar-refractivity contribution in [3.05, 3.63) is 71.5 Å². The number of carbonyl (C=O) groups excluding carboxylic acids is 1. The van der Waals surface area contributed by atoms with Gasteiger partial charge < -0.3 is 5.32 Å². The minimum atomic E-state index is -0.144. The van der Waals surface area contributed by atoms with Crippen molar-refractivity contribution >= 4 is 46.0 Å². The first kappa shape index (κ1) is 19.3. The molecule has 0 saturated carbocycles. The summed E-state index contributed by atoms with van der Waals surface area (Å²) in [4.78, 5) is 30.7. The number of rotatable bonds is 7. The number of thioether (sulfide) groups is 2. The van der Waals surface area contributed by atoms with Gasteiger partial charge in [0.1, 0.15) is 0 Å². The number of benzene rings is 2. The molecule has 27 heavy (non-hydrogen) atoms. The van der Waals surface area contributed by atoms with Gasteiger partial charge in [0.2, 0.25) is 5.91 Å². The zero-order valence-electron chi connectivity index (χ0n) is 14.8. The third kappa shape index (κ3) is 4.43. The summed E-state index contributed by atoms with van der Waals surface area (Å²) in [5.74, 6) is 0.0130. The van der Waals surface area contributed by atoms with Crippen molar-refractivity contribution in [1.82, 2.24) is 9.55 Å². The number of anilines is 1. The second kappa shape index (κ2) is 8.92. The Hall–Kier alpha value is -2.51. The van der Waals surface area contributed by atoms with Gasteiger partial charge in [0.05, 0.1) is 22.3 Å². The van der Waals surface area contributed by atoms with E-state index in [0.717, 1.165) is 10.6 Å². The first-order valence-electron chi connectivity index (χ1n) is 8.30. The average molecular weight is 398 g/mol. The quantitative estimate of drug-likeness (QED) is 0.370. The lowest BCUT2D eigenvalue weighted by Gasteiger charge is -2.12. The molecule has 2 aromatic carbocycles. The van der Waals surface area contributed by atoms with E-state index in [1.165, 1.54) is 11.8 Å². The number of nitrogens with one attached hydrogen (secondary N) is 1. The van der Waals surface area contributed by atoms with E-state index >= 15 is 0 Å². The van der Waals surface area contributed by atoms with E-state index in [1.54, 1.807) is 34.5 Å². The summed E-state index contributed by atoms with van der Waals surface area (Å²) in [7, 11) is 0. The van der Waals surface area contributed by atoms with Crippen molar-refractivity contribution in [2.75, 3.05) is 17.3 Å². The highest BCUT2D eigenvalue weighted by Crippen LogP contribution is 2.25. The molecule has 0 spiro atoms. The topological polar surface area (TPSA) is 64.0 Å². The largest absolute Gasteiger partial charge is 0.324 e. The molecule has 0 unspecified atom stereocenters. The molecular formula is C20H19N3O2S2. The Morgan fingerprint density at radius 3 is 2.74 bits per heavy atom. The van der Waals surface area contributed by atoms with Crippen LogP contribution in [0.15, 0.2) is 76.0 Å². The number of hydrogen-bond donors (Lipinski definition) is 1. The first-order chi connectivity index (χ1) is 13.1. The number of nitrogens with zero attached hydrogens (tertiary/aromatic N) is 2. The molecule has 1 aromatic heterocycles. The molecule has 0 fully saturated rings. The summed E-state index contributed by atoms with van der Waals surface area (Å²) < 4.78 is 1.54. The maximum atomic E-state index is 12.7. The van der Waals surface area contributed by atoms with Gasteiger partial charge >= 0.3 is 0 Å². The minimum absolute atomic E-state index is 0.129. The second-order valence-electron chi connectivity index (χ2n) is 5.65. The van der Waals surface area contributed by atoms with Gasteiger partial charge in [-0.2, -0.15) is 0 Å². The zero-order valence-corrected chi connectivity index (χ0v) is 16.5. The molecule has 1 amide bonds. The highest BCUT2D eigenvalue weighted by atomic mass is 32.2. The zero-order chi connectivity index (χ0) is 19.2. The van der Waals surface area contributed by atoms with Crippen molar-refractivity contribution in [2.24, 2.45) is 0 Å². The Morgan fingerprint density at radius 1 is 1.22 bits per heavy atom. The van der Waals surface area contributed by atoms with Crippen LogP contribution in [0.2, 0.25) is 0 Å². The normalized spacial score (nSPS) is 10.7. The smallest absolute Gasteiger partial charge is 0.262 e. The molecule has 0 aliphatic heterocycles. The van der Waals surface area contributed by atoms with E-state index in [2.05, 4.69) is 16.9 Å². The van der Waals surface area contributed by atoms with Crippen LogP contribution in [-0.2, 0) is 11.3 Å². The maximum absolute atomic E-state index is 12.7. The highest BCUT2D eigenvalue weighted by molar-refractivity contribution is 7.99. The predicted octanol–water partition coefficient (Wildman–Crippen LogP) is 4.04.